The number of nitrogens with one attached hydrogen (secondary N) is 1. The summed E-state index contributed by atoms with van der Waals surface area (Å²) in [5.41, 5.74) is 2.87. The molecule has 4 rings (SSSR count). The van der Waals surface area contributed by atoms with Crippen LogP contribution in [0.2, 0.25) is 0 Å². The molecule has 1 fully saturated rings. The van der Waals surface area contributed by atoms with Crippen LogP contribution in [0, 0.1) is 5.92 Å². The van der Waals surface area contributed by atoms with E-state index in [4.69, 9.17) is 9.72 Å². The molecule has 6 heteroatoms. The van der Waals surface area contributed by atoms with Crippen LogP contribution < -0.4 is 15.0 Å². The van der Waals surface area contributed by atoms with Gasteiger partial charge in [0.1, 0.15) is 11.6 Å². The lowest BCUT2D eigenvalue weighted by Crippen LogP contribution is -2.40. The molecule has 0 radical (unpaired) electrons. The maximum absolute atomic E-state index is 12.5. The first-order valence-corrected chi connectivity index (χ1v) is 9.60. The molecule has 0 unspecified atom stereocenters. The lowest BCUT2D eigenvalue weighted by molar-refractivity contribution is -0.125. The van der Waals surface area contributed by atoms with Crippen molar-refractivity contribution in [3.05, 3.63) is 60.3 Å². The number of carbonyl (C=O) groups excluding carboxylic acids is 1. The van der Waals surface area contributed by atoms with Crippen molar-refractivity contribution in [1.82, 2.24) is 15.3 Å². The lowest BCUT2D eigenvalue weighted by atomic mass is 9.96. The normalized spacial score (nSPS) is 14.8. The third kappa shape index (κ3) is 4.06. The van der Waals surface area contributed by atoms with Crippen LogP contribution in [0.1, 0.15) is 18.4 Å². The Morgan fingerprint density at radius 2 is 1.82 bits per heavy atom. The van der Waals surface area contributed by atoms with Gasteiger partial charge in [0.2, 0.25) is 5.91 Å². The molecule has 0 bridgehead atoms. The molecule has 1 amide bonds. The van der Waals surface area contributed by atoms with Gasteiger partial charge in [-0.3, -0.25) is 9.78 Å². The Hall–Kier alpha value is -3.15. The maximum Gasteiger partial charge on any atom is 0.223 e. The predicted octanol–water partition coefficient (Wildman–Crippen LogP) is 3.17. The number of aromatic nitrogens is 2. The molecule has 3 aromatic rings. The van der Waals surface area contributed by atoms with Crippen molar-refractivity contribution in [2.45, 2.75) is 19.4 Å². The molecule has 6 nitrogen and oxygen atoms in total. The minimum atomic E-state index is 0.0444. The van der Waals surface area contributed by atoms with Gasteiger partial charge in [-0.05, 0) is 42.7 Å². The van der Waals surface area contributed by atoms with Gasteiger partial charge < -0.3 is 15.0 Å². The Kier molecular flexibility index (Phi) is 5.37. The fourth-order valence-corrected chi connectivity index (χ4v) is 3.55. The second-order valence-electron chi connectivity index (χ2n) is 7.04. The summed E-state index contributed by atoms with van der Waals surface area (Å²) in [5, 5.41) is 3.06. The maximum atomic E-state index is 12.5. The van der Waals surface area contributed by atoms with Gasteiger partial charge in [0.15, 0.2) is 0 Å². The van der Waals surface area contributed by atoms with Crippen molar-refractivity contribution in [3.63, 3.8) is 0 Å². The van der Waals surface area contributed by atoms with Crippen molar-refractivity contribution in [2.24, 2.45) is 5.92 Å². The van der Waals surface area contributed by atoms with E-state index in [2.05, 4.69) is 15.2 Å². The summed E-state index contributed by atoms with van der Waals surface area (Å²) in [6.07, 6.45) is 3.47. The SMILES string of the molecule is COc1ccc(CNC(=O)C2CCN(c3cnc4ccccc4n3)CC2)cc1. The second-order valence-corrected chi connectivity index (χ2v) is 7.04. The van der Waals surface area contributed by atoms with Crippen molar-refractivity contribution in [3.8, 4) is 5.75 Å². The van der Waals surface area contributed by atoms with Gasteiger partial charge in [-0.15, -0.1) is 0 Å². The van der Waals surface area contributed by atoms with Crippen molar-refractivity contribution >= 4 is 22.8 Å². The summed E-state index contributed by atoms with van der Waals surface area (Å²) in [4.78, 5) is 24.0. The van der Waals surface area contributed by atoms with Crippen LogP contribution >= 0.6 is 0 Å². The van der Waals surface area contributed by atoms with Crippen molar-refractivity contribution in [1.29, 1.82) is 0 Å². The highest BCUT2D eigenvalue weighted by atomic mass is 16.5. The number of hydrogen-bond acceptors (Lipinski definition) is 5. The van der Waals surface area contributed by atoms with E-state index in [1.165, 1.54) is 0 Å². The number of amides is 1. The Labute approximate surface area is 164 Å². The zero-order valence-electron chi connectivity index (χ0n) is 16.0. The molecular formula is C22H24N4O2. The van der Waals surface area contributed by atoms with Crippen LogP contribution in [0.25, 0.3) is 11.0 Å². The largest absolute Gasteiger partial charge is 0.497 e. The fourth-order valence-electron chi connectivity index (χ4n) is 3.55. The smallest absolute Gasteiger partial charge is 0.223 e. The molecule has 2 heterocycles. The van der Waals surface area contributed by atoms with E-state index in [-0.39, 0.29) is 11.8 Å². The van der Waals surface area contributed by atoms with Gasteiger partial charge in [0.25, 0.3) is 0 Å². The molecule has 0 atom stereocenters. The zero-order chi connectivity index (χ0) is 19.3. The predicted molar refractivity (Wildman–Crippen MR) is 109 cm³/mol. The third-order valence-corrected chi connectivity index (χ3v) is 5.25. The molecular weight excluding hydrogens is 352 g/mol. The molecule has 144 valence electrons. The Morgan fingerprint density at radius 1 is 1.11 bits per heavy atom. The highest BCUT2D eigenvalue weighted by Crippen LogP contribution is 2.23. The molecule has 1 aromatic heterocycles. The first-order chi connectivity index (χ1) is 13.7. The average molecular weight is 376 g/mol. The molecule has 0 spiro atoms. The molecule has 2 aromatic carbocycles. The Bertz CT molecular complexity index is 950. The first kappa shape index (κ1) is 18.2. The van der Waals surface area contributed by atoms with Gasteiger partial charge in [0, 0.05) is 25.6 Å². The number of benzene rings is 2. The van der Waals surface area contributed by atoms with Gasteiger partial charge >= 0.3 is 0 Å². The molecule has 1 N–H and O–H groups in total. The summed E-state index contributed by atoms with van der Waals surface area (Å²) in [5.74, 6) is 1.87. The van der Waals surface area contributed by atoms with E-state index in [0.717, 1.165) is 54.1 Å². The lowest BCUT2D eigenvalue weighted by Gasteiger charge is -2.32. The van der Waals surface area contributed by atoms with Crippen LogP contribution in [0.3, 0.4) is 0 Å². The molecule has 0 saturated carbocycles. The number of methoxy groups -OCH3 is 1. The van der Waals surface area contributed by atoms with E-state index in [1.54, 1.807) is 7.11 Å². The van der Waals surface area contributed by atoms with Crippen LogP contribution in [0.15, 0.2) is 54.7 Å². The molecule has 1 aliphatic heterocycles. The zero-order valence-corrected chi connectivity index (χ0v) is 16.0. The third-order valence-electron chi connectivity index (χ3n) is 5.25. The summed E-state index contributed by atoms with van der Waals surface area (Å²) in [6, 6.07) is 15.6. The molecule has 1 aliphatic rings. The van der Waals surface area contributed by atoms with E-state index in [1.807, 2.05) is 54.7 Å². The van der Waals surface area contributed by atoms with Gasteiger partial charge in [-0.1, -0.05) is 24.3 Å². The number of anilines is 1. The highest BCUT2D eigenvalue weighted by molar-refractivity contribution is 5.79. The monoisotopic (exact) mass is 376 g/mol. The summed E-state index contributed by atoms with van der Waals surface area (Å²) in [7, 11) is 1.65. The minimum absolute atomic E-state index is 0.0444. The van der Waals surface area contributed by atoms with E-state index >= 15 is 0 Å². The van der Waals surface area contributed by atoms with Crippen molar-refractivity contribution < 1.29 is 9.53 Å². The van der Waals surface area contributed by atoms with Crippen LogP contribution in [-0.4, -0.2) is 36.1 Å². The number of carbonyl (C=O) groups is 1. The number of para-hydroxylation sites is 2. The first-order valence-electron chi connectivity index (χ1n) is 9.60. The van der Waals surface area contributed by atoms with Gasteiger partial charge in [-0.25, -0.2) is 4.98 Å². The average Bonchev–Trinajstić information content (AvgIpc) is 2.77. The van der Waals surface area contributed by atoms with E-state index in [0.29, 0.717) is 6.54 Å². The number of hydrogen-bond donors (Lipinski definition) is 1. The highest BCUT2D eigenvalue weighted by Gasteiger charge is 2.25. The van der Waals surface area contributed by atoms with Crippen LogP contribution in [0.5, 0.6) is 5.75 Å². The standard InChI is InChI=1S/C22H24N4O2/c1-28-18-8-6-16(7-9-18)14-24-22(27)17-10-12-26(13-11-17)21-15-23-19-4-2-3-5-20(19)25-21/h2-9,15,17H,10-14H2,1H3,(H,24,27). The number of nitrogens with zero attached hydrogens (tertiary/aromatic N) is 3. The topological polar surface area (TPSA) is 67.3 Å². The molecule has 28 heavy (non-hydrogen) atoms. The Morgan fingerprint density at radius 3 is 2.54 bits per heavy atom. The summed E-state index contributed by atoms with van der Waals surface area (Å²) in [6.45, 7) is 2.17. The van der Waals surface area contributed by atoms with E-state index in [9.17, 15) is 4.79 Å². The number of fused-ring (bicyclic) bond motifs is 1. The second kappa shape index (κ2) is 8.25. The molecule has 1 saturated heterocycles. The van der Waals surface area contributed by atoms with Crippen LogP contribution in [-0.2, 0) is 11.3 Å². The van der Waals surface area contributed by atoms with Crippen LogP contribution in [0.4, 0.5) is 5.82 Å². The summed E-state index contributed by atoms with van der Waals surface area (Å²) < 4.78 is 5.16. The minimum Gasteiger partial charge on any atom is -0.497 e. The fraction of sp³-hybridized carbons (Fsp3) is 0.318. The quantitative estimate of drug-likeness (QED) is 0.741. The Balaban J connectivity index is 1.30. The number of piperidine rings is 1. The van der Waals surface area contributed by atoms with Crippen molar-refractivity contribution in [2.75, 3.05) is 25.1 Å². The number of ether oxygens (including phenoxy) is 1. The van der Waals surface area contributed by atoms with E-state index < -0.39 is 0 Å². The molecule has 0 aliphatic carbocycles. The summed E-state index contributed by atoms with van der Waals surface area (Å²) >= 11 is 0. The van der Waals surface area contributed by atoms with Gasteiger partial charge in [0.05, 0.1) is 24.3 Å². The number of rotatable bonds is 5. The van der Waals surface area contributed by atoms with Gasteiger partial charge in [-0.2, -0.15) is 0 Å².